The highest BCUT2D eigenvalue weighted by atomic mass is 35.5. The highest BCUT2D eigenvalue weighted by Gasteiger charge is 2.29. The number of primary amides is 1. The molecule has 1 atom stereocenters. The second-order valence-electron chi connectivity index (χ2n) is 5.48. The van der Waals surface area contributed by atoms with Gasteiger partial charge < -0.3 is 10.3 Å². The lowest BCUT2D eigenvalue weighted by Gasteiger charge is -2.28. The fraction of sp³-hybridized carbons (Fsp3) is 0.429. The lowest BCUT2D eigenvalue weighted by molar-refractivity contribution is -0.119. The molecular weight excluding hydrogens is 297 g/mol. The number of carbonyl (C=O) groups excluding carboxylic acids is 1. The number of imidazole rings is 1. The number of nitrogens with zero attached hydrogens (tertiary/aromatic N) is 2. The number of hydrogen-bond donors (Lipinski definition) is 1. The Hall–Kier alpha value is -1.26. The predicted octanol–water partition coefficient (Wildman–Crippen LogP) is 3.60. The standard InChI is InChI=1S/C14H17Cl2N3O/c1-8(15)13-18-12-9(16)5-4-6-10(12)19(13)14(2,3)7-11(17)20/h4-6,8H,7H2,1-3H3,(H2,17,20). The van der Waals surface area contributed by atoms with E-state index in [4.69, 9.17) is 28.9 Å². The van der Waals surface area contributed by atoms with Crippen LogP contribution in [0.2, 0.25) is 5.02 Å². The van der Waals surface area contributed by atoms with Crippen molar-refractivity contribution < 1.29 is 4.79 Å². The molecule has 0 aliphatic rings. The second-order valence-corrected chi connectivity index (χ2v) is 6.55. The molecule has 0 fully saturated rings. The Morgan fingerprint density at radius 3 is 2.70 bits per heavy atom. The summed E-state index contributed by atoms with van der Waals surface area (Å²) < 4.78 is 1.96. The van der Waals surface area contributed by atoms with Gasteiger partial charge in [0.15, 0.2) is 0 Å². The third-order valence-corrected chi connectivity index (χ3v) is 3.73. The maximum absolute atomic E-state index is 11.3. The van der Waals surface area contributed by atoms with Crippen LogP contribution < -0.4 is 5.73 Å². The molecule has 1 aromatic carbocycles. The first kappa shape index (κ1) is 15.1. The molecule has 4 nitrogen and oxygen atoms in total. The van der Waals surface area contributed by atoms with E-state index < -0.39 is 5.54 Å². The lowest BCUT2D eigenvalue weighted by atomic mass is 9.99. The Bertz CT molecular complexity index is 662. The van der Waals surface area contributed by atoms with Crippen LogP contribution in [0.1, 0.15) is 38.4 Å². The van der Waals surface area contributed by atoms with Gasteiger partial charge in [-0.2, -0.15) is 0 Å². The molecule has 0 spiro atoms. The summed E-state index contributed by atoms with van der Waals surface area (Å²) in [6, 6.07) is 5.55. The number of rotatable bonds is 4. The minimum absolute atomic E-state index is 0.196. The highest BCUT2D eigenvalue weighted by Crippen LogP contribution is 2.34. The molecule has 6 heteroatoms. The first-order valence-corrected chi connectivity index (χ1v) is 7.15. The van der Waals surface area contributed by atoms with Gasteiger partial charge in [0.2, 0.25) is 5.91 Å². The van der Waals surface area contributed by atoms with Crippen molar-refractivity contribution in [1.29, 1.82) is 0 Å². The smallest absolute Gasteiger partial charge is 0.219 e. The predicted molar refractivity (Wildman–Crippen MR) is 82.1 cm³/mol. The van der Waals surface area contributed by atoms with Gasteiger partial charge in [-0.25, -0.2) is 4.98 Å². The third-order valence-electron chi connectivity index (χ3n) is 3.23. The highest BCUT2D eigenvalue weighted by molar-refractivity contribution is 6.35. The summed E-state index contributed by atoms with van der Waals surface area (Å²) in [5.41, 5.74) is 6.37. The topological polar surface area (TPSA) is 60.9 Å². The van der Waals surface area contributed by atoms with Crippen LogP contribution in [0, 0.1) is 0 Å². The molecule has 2 aromatic rings. The van der Waals surface area contributed by atoms with Gasteiger partial charge in [0.05, 0.1) is 15.9 Å². The van der Waals surface area contributed by atoms with Crippen LogP contribution in [0.4, 0.5) is 0 Å². The SMILES string of the molecule is CC(Cl)c1nc2c(Cl)cccc2n1C(C)(C)CC(N)=O. The van der Waals surface area contributed by atoms with Gasteiger partial charge >= 0.3 is 0 Å². The van der Waals surface area contributed by atoms with Gasteiger partial charge in [0.25, 0.3) is 0 Å². The number of halogens is 2. The number of aromatic nitrogens is 2. The van der Waals surface area contributed by atoms with E-state index in [1.807, 2.05) is 37.5 Å². The number of hydrogen-bond acceptors (Lipinski definition) is 2. The molecular formula is C14H17Cl2N3O. The fourth-order valence-electron chi connectivity index (χ4n) is 2.49. The molecule has 1 unspecified atom stereocenters. The molecule has 1 amide bonds. The van der Waals surface area contributed by atoms with Crippen molar-refractivity contribution in [2.45, 2.75) is 38.1 Å². The maximum Gasteiger partial charge on any atom is 0.219 e. The van der Waals surface area contributed by atoms with Gasteiger partial charge in [-0.3, -0.25) is 4.79 Å². The van der Waals surface area contributed by atoms with Crippen molar-refractivity contribution in [3.63, 3.8) is 0 Å². The first-order valence-electron chi connectivity index (χ1n) is 6.34. The van der Waals surface area contributed by atoms with E-state index in [2.05, 4.69) is 4.98 Å². The largest absolute Gasteiger partial charge is 0.370 e. The molecule has 0 aliphatic carbocycles. The summed E-state index contributed by atoms with van der Waals surface area (Å²) in [5, 5.41) is 0.264. The quantitative estimate of drug-likeness (QED) is 0.877. The van der Waals surface area contributed by atoms with Crippen molar-refractivity contribution in [3.8, 4) is 0 Å². The second kappa shape index (κ2) is 5.26. The molecule has 20 heavy (non-hydrogen) atoms. The summed E-state index contributed by atoms with van der Waals surface area (Å²) in [7, 11) is 0. The van der Waals surface area contributed by atoms with Crippen LogP contribution in [-0.2, 0) is 10.3 Å². The van der Waals surface area contributed by atoms with Crippen molar-refractivity contribution in [1.82, 2.24) is 9.55 Å². The normalized spacial score (nSPS) is 13.7. The molecule has 0 saturated heterocycles. The zero-order valence-electron chi connectivity index (χ0n) is 11.7. The van der Waals surface area contributed by atoms with E-state index in [-0.39, 0.29) is 17.7 Å². The van der Waals surface area contributed by atoms with Crippen LogP contribution in [0.3, 0.4) is 0 Å². The summed E-state index contributed by atoms with van der Waals surface area (Å²) in [4.78, 5) is 15.9. The molecule has 0 bridgehead atoms. The Labute approximate surface area is 127 Å². The van der Waals surface area contributed by atoms with E-state index in [1.165, 1.54) is 0 Å². The lowest BCUT2D eigenvalue weighted by Crippen LogP contribution is -2.33. The summed E-state index contributed by atoms with van der Waals surface area (Å²) in [6.45, 7) is 5.71. The molecule has 1 aromatic heterocycles. The van der Waals surface area contributed by atoms with Gasteiger partial charge in [-0.05, 0) is 32.9 Å². The van der Waals surface area contributed by atoms with E-state index in [1.54, 1.807) is 6.07 Å². The van der Waals surface area contributed by atoms with Gasteiger partial charge in [-0.15, -0.1) is 11.6 Å². The summed E-state index contributed by atoms with van der Waals surface area (Å²) in [6.07, 6.45) is 0.196. The van der Waals surface area contributed by atoms with E-state index in [0.29, 0.717) is 16.4 Å². The number of fused-ring (bicyclic) bond motifs is 1. The first-order chi connectivity index (χ1) is 9.24. The number of alkyl halides is 1. The molecule has 1 heterocycles. The number of nitrogens with two attached hydrogens (primary N) is 1. The Morgan fingerprint density at radius 1 is 1.50 bits per heavy atom. The Balaban J connectivity index is 2.75. The van der Waals surface area contributed by atoms with Gasteiger partial charge in [0, 0.05) is 12.0 Å². The molecule has 0 saturated carbocycles. The number of para-hydroxylation sites is 1. The van der Waals surface area contributed by atoms with Crippen molar-refractivity contribution in [3.05, 3.63) is 29.0 Å². The van der Waals surface area contributed by atoms with E-state index >= 15 is 0 Å². The van der Waals surface area contributed by atoms with Crippen molar-refractivity contribution in [2.75, 3.05) is 0 Å². The average molecular weight is 314 g/mol. The van der Waals surface area contributed by atoms with Crippen LogP contribution in [0.15, 0.2) is 18.2 Å². The summed E-state index contributed by atoms with van der Waals surface area (Å²) in [5.74, 6) is 0.313. The van der Waals surface area contributed by atoms with Crippen LogP contribution in [-0.4, -0.2) is 15.5 Å². The number of benzene rings is 1. The molecule has 0 aliphatic heterocycles. The van der Waals surface area contributed by atoms with Gasteiger partial charge in [-0.1, -0.05) is 17.7 Å². The van der Waals surface area contributed by atoms with Crippen LogP contribution in [0.25, 0.3) is 11.0 Å². The maximum atomic E-state index is 11.3. The minimum atomic E-state index is -0.524. The average Bonchev–Trinajstić information content (AvgIpc) is 2.68. The third kappa shape index (κ3) is 2.63. The molecule has 2 N–H and O–H groups in total. The zero-order valence-corrected chi connectivity index (χ0v) is 13.2. The van der Waals surface area contributed by atoms with E-state index in [0.717, 1.165) is 5.52 Å². The summed E-state index contributed by atoms with van der Waals surface area (Å²) >= 11 is 12.4. The molecule has 108 valence electrons. The number of amides is 1. The van der Waals surface area contributed by atoms with Gasteiger partial charge in [0.1, 0.15) is 11.3 Å². The van der Waals surface area contributed by atoms with Crippen molar-refractivity contribution in [2.24, 2.45) is 5.73 Å². The monoisotopic (exact) mass is 313 g/mol. The fourth-order valence-corrected chi connectivity index (χ4v) is 2.85. The Kier molecular flexibility index (Phi) is 3.98. The van der Waals surface area contributed by atoms with Crippen LogP contribution in [0.5, 0.6) is 0 Å². The molecule has 2 rings (SSSR count). The zero-order chi connectivity index (χ0) is 15.1. The number of carbonyl (C=O) groups is 1. The van der Waals surface area contributed by atoms with Crippen molar-refractivity contribution >= 4 is 40.1 Å². The minimum Gasteiger partial charge on any atom is -0.370 e. The molecule has 0 radical (unpaired) electrons. The Morgan fingerprint density at radius 2 is 2.15 bits per heavy atom. The van der Waals surface area contributed by atoms with E-state index in [9.17, 15) is 4.79 Å². The van der Waals surface area contributed by atoms with Crippen LogP contribution >= 0.6 is 23.2 Å².